The molecule has 1 atom stereocenters. The van der Waals surface area contributed by atoms with Gasteiger partial charge in [-0.1, -0.05) is 261 Å². The summed E-state index contributed by atoms with van der Waals surface area (Å²) >= 11 is 0. The molecule has 5 heteroatoms. The Hall–Kier alpha value is -2.66. The summed E-state index contributed by atoms with van der Waals surface area (Å²) in [5, 5.41) is 0. The number of rotatable bonds is 54. The fourth-order valence-electron chi connectivity index (χ4n) is 8.36. The summed E-state index contributed by atoms with van der Waals surface area (Å²) in [5.74, 6) is -0.421. The molecule has 394 valence electrons. The molecular weight excluding hydrogens is 837 g/mol. The molecule has 0 bridgehead atoms. The van der Waals surface area contributed by atoms with Crippen molar-refractivity contribution in [2.24, 2.45) is 0 Å². The number of ether oxygens (including phenoxy) is 3. The van der Waals surface area contributed by atoms with Crippen LogP contribution in [-0.2, 0) is 23.8 Å². The van der Waals surface area contributed by atoms with E-state index in [0.29, 0.717) is 19.4 Å². The lowest BCUT2D eigenvalue weighted by atomic mass is 10.0. The number of carbonyl (C=O) groups is 2. The molecule has 0 radical (unpaired) electrons. The van der Waals surface area contributed by atoms with E-state index in [1.807, 2.05) is 0 Å². The summed E-state index contributed by atoms with van der Waals surface area (Å²) in [7, 11) is 0. The van der Waals surface area contributed by atoms with E-state index in [1.54, 1.807) is 0 Å². The van der Waals surface area contributed by atoms with Crippen molar-refractivity contribution >= 4 is 11.9 Å². The van der Waals surface area contributed by atoms with Crippen LogP contribution in [0, 0.1) is 0 Å². The SMILES string of the molecule is CC/C=C\C/C=C\C/C=C\CCCCCCCC(=O)OC(COCCCCCCCCCCCCCCCCCCCC)COC(=O)CCCCCCCC/C=C\C/C=C\C/C=C\CCCCC. The molecule has 0 aliphatic rings. The van der Waals surface area contributed by atoms with Crippen molar-refractivity contribution in [3.8, 4) is 0 Å². The van der Waals surface area contributed by atoms with Gasteiger partial charge in [-0.25, -0.2) is 0 Å². The van der Waals surface area contributed by atoms with Crippen LogP contribution in [0.1, 0.15) is 290 Å². The molecule has 1 unspecified atom stereocenters. The zero-order chi connectivity index (χ0) is 49.2. The topological polar surface area (TPSA) is 61.8 Å². The Morgan fingerprint density at radius 2 is 0.662 bits per heavy atom. The van der Waals surface area contributed by atoms with E-state index in [9.17, 15) is 9.59 Å². The fourth-order valence-corrected chi connectivity index (χ4v) is 8.36. The van der Waals surface area contributed by atoms with E-state index in [4.69, 9.17) is 14.2 Å². The minimum absolute atomic E-state index is 0.0718. The van der Waals surface area contributed by atoms with Crippen molar-refractivity contribution in [3.05, 3.63) is 72.9 Å². The van der Waals surface area contributed by atoms with Crippen LogP contribution in [0.25, 0.3) is 0 Å². The Morgan fingerprint density at radius 1 is 0.338 bits per heavy atom. The Balaban J connectivity index is 4.29. The predicted molar refractivity (Wildman–Crippen MR) is 297 cm³/mol. The van der Waals surface area contributed by atoms with Crippen molar-refractivity contribution in [1.82, 2.24) is 0 Å². The highest BCUT2D eigenvalue weighted by Crippen LogP contribution is 2.16. The lowest BCUT2D eigenvalue weighted by Crippen LogP contribution is -2.30. The first-order valence-corrected chi connectivity index (χ1v) is 29.5. The van der Waals surface area contributed by atoms with Gasteiger partial charge in [-0.3, -0.25) is 9.59 Å². The smallest absolute Gasteiger partial charge is 0.306 e. The summed E-state index contributed by atoms with van der Waals surface area (Å²) in [6.07, 6.45) is 76.4. The van der Waals surface area contributed by atoms with Gasteiger partial charge in [0.1, 0.15) is 6.61 Å². The quantitative estimate of drug-likeness (QED) is 0.0345. The van der Waals surface area contributed by atoms with Gasteiger partial charge in [0.25, 0.3) is 0 Å². The second kappa shape index (κ2) is 58.7. The maximum absolute atomic E-state index is 12.9. The van der Waals surface area contributed by atoms with Gasteiger partial charge in [-0.15, -0.1) is 0 Å². The third-order valence-electron chi connectivity index (χ3n) is 12.7. The zero-order valence-corrected chi connectivity index (χ0v) is 45.4. The van der Waals surface area contributed by atoms with E-state index in [0.717, 1.165) is 96.3 Å². The molecule has 0 heterocycles. The number of carbonyl (C=O) groups excluding carboxylic acids is 2. The van der Waals surface area contributed by atoms with Crippen molar-refractivity contribution in [2.75, 3.05) is 19.8 Å². The minimum Gasteiger partial charge on any atom is -0.462 e. The molecule has 0 N–H and O–H groups in total. The minimum atomic E-state index is -0.552. The van der Waals surface area contributed by atoms with Gasteiger partial charge in [0.2, 0.25) is 0 Å². The fraction of sp³-hybridized carbons (Fsp3) is 0.778. The Kier molecular flexibility index (Phi) is 56.4. The summed E-state index contributed by atoms with van der Waals surface area (Å²) < 4.78 is 17.5. The van der Waals surface area contributed by atoms with Crippen LogP contribution in [-0.4, -0.2) is 37.9 Å². The van der Waals surface area contributed by atoms with Gasteiger partial charge >= 0.3 is 11.9 Å². The first-order chi connectivity index (χ1) is 33.6. The predicted octanol–water partition coefficient (Wildman–Crippen LogP) is 20.2. The maximum atomic E-state index is 12.9. The van der Waals surface area contributed by atoms with Gasteiger partial charge in [0, 0.05) is 19.4 Å². The van der Waals surface area contributed by atoms with Crippen molar-refractivity contribution in [3.63, 3.8) is 0 Å². The maximum Gasteiger partial charge on any atom is 0.306 e. The zero-order valence-electron chi connectivity index (χ0n) is 45.4. The highest BCUT2D eigenvalue weighted by molar-refractivity contribution is 5.70. The van der Waals surface area contributed by atoms with E-state index in [-0.39, 0.29) is 25.2 Å². The monoisotopic (exact) mass is 949 g/mol. The molecule has 0 amide bonds. The lowest BCUT2D eigenvalue weighted by molar-refractivity contribution is -0.163. The van der Waals surface area contributed by atoms with Crippen LogP contribution in [0.2, 0.25) is 0 Å². The van der Waals surface area contributed by atoms with E-state index in [1.165, 1.54) is 161 Å². The molecule has 0 aliphatic heterocycles. The third-order valence-corrected chi connectivity index (χ3v) is 12.7. The van der Waals surface area contributed by atoms with Gasteiger partial charge in [-0.05, 0) is 89.9 Å². The van der Waals surface area contributed by atoms with Gasteiger partial charge < -0.3 is 14.2 Å². The van der Waals surface area contributed by atoms with Crippen molar-refractivity contribution in [2.45, 2.75) is 297 Å². The standard InChI is InChI=1S/C63H112O5/c1-4-7-10-13-16-19-22-25-28-30-32-33-36-38-41-44-47-50-53-56-62(64)67-60-61(68-63(65)57-54-51-48-45-42-39-35-27-24-21-18-15-12-9-6-3)59-66-58-55-52-49-46-43-40-37-34-31-29-26-23-20-17-14-11-8-5-2/h9,12,16,18-19,21,25,27-28,32-33,35,61H,4-8,10-11,13-15,17,20,22-24,26,29-31,34,36-60H2,1-3H3/b12-9-,19-16-,21-18-,28-25-,33-32-,35-27-. The van der Waals surface area contributed by atoms with Gasteiger partial charge in [0.05, 0.1) is 6.61 Å². The molecule has 0 spiro atoms. The first-order valence-electron chi connectivity index (χ1n) is 29.5. The normalized spacial score (nSPS) is 12.7. The van der Waals surface area contributed by atoms with E-state index < -0.39 is 6.10 Å². The second-order valence-electron chi connectivity index (χ2n) is 19.5. The Morgan fingerprint density at radius 3 is 1.09 bits per heavy atom. The Labute approximate surface area is 423 Å². The average molecular weight is 950 g/mol. The van der Waals surface area contributed by atoms with Gasteiger partial charge in [0.15, 0.2) is 6.10 Å². The number of esters is 2. The summed E-state index contributed by atoms with van der Waals surface area (Å²) in [5.41, 5.74) is 0. The molecular formula is C63H112O5. The van der Waals surface area contributed by atoms with Crippen LogP contribution in [0.3, 0.4) is 0 Å². The molecule has 0 fully saturated rings. The average Bonchev–Trinajstić information content (AvgIpc) is 3.34. The van der Waals surface area contributed by atoms with E-state index >= 15 is 0 Å². The molecule has 0 aromatic rings. The molecule has 0 saturated carbocycles. The molecule has 0 rings (SSSR count). The molecule has 0 aromatic heterocycles. The van der Waals surface area contributed by atoms with Crippen LogP contribution in [0.15, 0.2) is 72.9 Å². The summed E-state index contributed by atoms with van der Waals surface area (Å²) in [6.45, 7) is 7.70. The van der Waals surface area contributed by atoms with Crippen molar-refractivity contribution < 1.29 is 23.8 Å². The molecule has 5 nitrogen and oxygen atoms in total. The first kappa shape index (κ1) is 65.3. The van der Waals surface area contributed by atoms with Crippen molar-refractivity contribution in [1.29, 1.82) is 0 Å². The second-order valence-corrected chi connectivity index (χ2v) is 19.5. The number of unbranched alkanes of at least 4 members (excludes halogenated alkanes) is 31. The van der Waals surface area contributed by atoms with Crippen LogP contribution in [0.5, 0.6) is 0 Å². The van der Waals surface area contributed by atoms with Crippen LogP contribution in [0.4, 0.5) is 0 Å². The number of hydrogen-bond donors (Lipinski definition) is 0. The largest absolute Gasteiger partial charge is 0.462 e. The van der Waals surface area contributed by atoms with Crippen LogP contribution < -0.4 is 0 Å². The number of allylic oxidation sites excluding steroid dienone is 12. The lowest BCUT2D eigenvalue weighted by Gasteiger charge is -2.18. The Bertz CT molecular complexity index is 1210. The number of hydrogen-bond acceptors (Lipinski definition) is 5. The highest BCUT2D eigenvalue weighted by atomic mass is 16.6. The van der Waals surface area contributed by atoms with Gasteiger partial charge in [-0.2, -0.15) is 0 Å². The summed E-state index contributed by atoms with van der Waals surface area (Å²) in [6, 6.07) is 0. The molecule has 68 heavy (non-hydrogen) atoms. The summed E-state index contributed by atoms with van der Waals surface area (Å²) in [4.78, 5) is 25.5. The highest BCUT2D eigenvalue weighted by Gasteiger charge is 2.17. The molecule has 0 saturated heterocycles. The van der Waals surface area contributed by atoms with Crippen LogP contribution >= 0.6 is 0 Å². The molecule has 0 aromatic carbocycles. The molecule has 0 aliphatic carbocycles. The van der Waals surface area contributed by atoms with E-state index in [2.05, 4.69) is 93.7 Å². The third kappa shape index (κ3) is 55.9.